The Hall–Kier alpha value is -2.09. The minimum Gasteiger partial charge on any atom is -0.387 e. The van der Waals surface area contributed by atoms with Gasteiger partial charge in [-0.25, -0.2) is 4.39 Å². The van der Waals surface area contributed by atoms with Crippen molar-refractivity contribution < 1.29 is 14.2 Å². The molecule has 3 rings (SSSR count). The second-order valence-electron chi connectivity index (χ2n) is 6.28. The van der Waals surface area contributed by atoms with E-state index in [4.69, 9.17) is 4.74 Å². The van der Waals surface area contributed by atoms with Gasteiger partial charge in [-0.05, 0) is 29.8 Å². The molecule has 0 unspecified atom stereocenters. The van der Waals surface area contributed by atoms with E-state index in [1.807, 2.05) is 24.1 Å². The Kier molecular flexibility index (Phi) is 5.91. The van der Waals surface area contributed by atoms with Gasteiger partial charge >= 0.3 is 0 Å². The van der Waals surface area contributed by atoms with Crippen molar-refractivity contribution in [3.8, 4) is 0 Å². The molecule has 7 heteroatoms. The summed E-state index contributed by atoms with van der Waals surface area (Å²) in [6.45, 7) is 3.31. The van der Waals surface area contributed by atoms with Gasteiger partial charge in [0.15, 0.2) is 5.82 Å². The molecule has 1 aliphatic rings. The highest BCUT2D eigenvalue weighted by Crippen LogP contribution is 2.17. The van der Waals surface area contributed by atoms with Gasteiger partial charge in [0, 0.05) is 39.4 Å². The maximum absolute atomic E-state index is 13.0. The number of benzene rings is 1. The van der Waals surface area contributed by atoms with Gasteiger partial charge < -0.3 is 14.7 Å². The Morgan fingerprint density at radius 2 is 2.16 bits per heavy atom. The van der Waals surface area contributed by atoms with E-state index >= 15 is 0 Å². The summed E-state index contributed by atoms with van der Waals surface area (Å²) in [4.78, 5) is 4.18. The van der Waals surface area contributed by atoms with Crippen LogP contribution in [0.2, 0.25) is 0 Å². The van der Waals surface area contributed by atoms with E-state index in [1.54, 1.807) is 18.3 Å². The summed E-state index contributed by atoms with van der Waals surface area (Å²) in [7, 11) is 1.96. The monoisotopic (exact) mass is 346 g/mol. The average Bonchev–Trinajstić information content (AvgIpc) is 2.63. The number of aliphatic hydroxyl groups is 1. The molecule has 1 N–H and O–H groups in total. The first kappa shape index (κ1) is 17.7. The van der Waals surface area contributed by atoms with E-state index in [-0.39, 0.29) is 11.9 Å². The average molecular weight is 346 g/mol. The molecule has 1 aromatic heterocycles. The van der Waals surface area contributed by atoms with Crippen molar-refractivity contribution >= 4 is 5.82 Å². The van der Waals surface area contributed by atoms with Crippen molar-refractivity contribution in [1.29, 1.82) is 0 Å². The number of morpholine rings is 1. The van der Waals surface area contributed by atoms with Crippen molar-refractivity contribution in [3.63, 3.8) is 0 Å². The van der Waals surface area contributed by atoms with Gasteiger partial charge in [-0.1, -0.05) is 12.1 Å². The summed E-state index contributed by atoms with van der Waals surface area (Å²) in [6, 6.07) is 9.75. The molecule has 6 nitrogen and oxygen atoms in total. The maximum Gasteiger partial charge on any atom is 0.151 e. The smallest absolute Gasteiger partial charge is 0.151 e. The van der Waals surface area contributed by atoms with Gasteiger partial charge in [-0.2, -0.15) is 5.10 Å². The number of rotatable bonds is 6. The normalized spacial score (nSPS) is 19.6. The van der Waals surface area contributed by atoms with Crippen LogP contribution in [0.4, 0.5) is 10.2 Å². The van der Waals surface area contributed by atoms with Crippen LogP contribution in [-0.4, -0.2) is 66.1 Å². The zero-order valence-corrected chi connectivity index (χ0v) is 14.3. The Labute approximate surface area is 146 Å². The predicted molar refractivity (Wildman–Crippen MR) is 92.8 cm³/mol. The summed E-state index contributed by atoms with van der Waals surface area (Å²) in [5.41, 5.74) is 0.723. The zero-order chi connectivity index (χ0) is 17.6. The van der Waals surface area contributed by atoms with Crippen LogP contribution < -0.4 is 4.90 Å². The molecule has 134 valence electrons. The Morgan fingerprint density at radius 3 is 2.88 bits per heavy atom. The molecular weight excluding hydrogens is 323 g/mol. The van der Waals surface area contributed by atoms with Crippen LogP contribution >= 0.6 is 0 Å². The number of likely N-dealkylation sites (N-methyl/N-ethyl adjacent to an activating group) is 1. The van der Waals surface area contributed by atoms with E-state index in [2.05, 4.69) is 15.1 Å². The third-order valence-electron chi connectivity index (χ3n) is 4.34. The van der Waals surface area contributed by atoms with Crippen molar-refractivity contribution in [1.82, 2.24) is 15.1 Å². The first-order valence-corrected chi connectivity index (χ1v) is 8.38. The predicted octanol–water partition coefficient (Wildman–Crippen LogP) is 1.49. The molecule has 0 saturated carbocycles. The third kappa shape index (κ3) is 4.94. The van der Waals surface area contributed by atoms with Crippen molar-refractivity contribution in [3.05, 3.63) is 54.0 Å². The number of β-amino-alcohol motifs (C(OH)–C–C–N with tert-alkyl or cyclic N) is 1. The lowest BCUT2D eigenvalue weighted by Gasteiger charge is -2.35. The minimum atomic E-state index is -0.642. The highest BCUT2D eigenvalue weighted by Gasteiger charge is 2.24. The molecule has 0 bridgehead atoms. The first-order valence-electron chi connectivity index (χ1n) is 8.38. The van der Waals surface area contributed by atoms with E-state index in [1.165, 1.54) is 12.1 Å². The van der Waals surface area contributed by atoms with Gasteiger partial charge in [-0.15, -0.1) is 5.10 Å². The molecule has 1 fully saturated rings. The largest absolute Gasteiger partial charge is 0.387 e. The van der Waals surface area contributed by atoms with E-state index in [0.717, 1.165) is 24.5 Å². The molecule has 0 amide bonds. The third-order valence-corrected chi connectivity index (χ3v) is 4.34. The number of ether oxygens (including phenoxy) is 1. The molecule has 25 heavy (non-hydrogen) atoms. The Morgan fingerprint density at radius 1 is 1.36 bits per heavy atom. The van der Waals surface area contributed by atoms with Crippen molar-refractivity contribution in [2.75, 3.05) is 44.7 Å². The fourth-order valence-corrected chi connectivity index (χ4v) is 2.99. The molecule has 2 aromatic rings. The highest BCUT2D eigenvalue weighted by atomic mass is 19.1. The molecule has 0 aliphatic carbocycles. The topological polar surface area (TPSA) is 61.7 Å². The summed E-state index contributed by atoms with van der Waals surface area (Å²) in [5, 5.41) is 18.4. The molecule has 1 aromatic carbocycles. The highest BCUT2D eigenvalue weighted by molar-refractivity contribution is 5.35. The van der Waals surface area contributed by atoms with Gasteiger partial charge in [0.1, 0.15) is 5.82 Å². The number of aromatic nitrogens is 2. The number of nitrogens with zero attached hydrogens (tertiary/aromatic N) is 4. The standard InChI is InChI=1S/C18H23FN4O2/c1-22(18-3-2-8-20-21-18)11-16-12-23(9-10-25-16)13-17(24)14-4-6-15(19)7-5-14/h2-8,16-17,24H,9-13H2,1H3/t16-,17-/m0/s1. The molecule has 0 spiro atoms. The number of aliphatic hydroxyl groups excluding tert-OH is 1. The van der Waals surface area contributed by atoms with Crippen LogP contribution in [0.15, 0.2) is 42.6 Å². The van der Waals surface area contributed by atoms with E-state index < -0.39 is 6.10 Å². The van der Waals surface area contributed by atoms with Crippen LogP contribution in [0, 0.1) is 5.82 Å². The fraction of sp³-hybridized carbons (Fsp3) is 0.444. The lowest BCUT2D eigenvalue weighted by atomic mass is 10.1. The van der Waals surface area contributed by atoms with Gasteiger partial charge in [0.2, 0.25) is 0 Å². The molecule has 1 saturated heterocycles. The second-order valence-corrected chi connectivity index (χ2v) is 6.28. The quantitative estimate of drug-likeness (QED) is 0.855. The van der Waals surface area contributed by atoms with Crippen LogP contribution in [0.5, 0.6) is 0 Å². The van der Waals surface area contributed by atoms with Gasteiger partial charge in [0.25, 0.3) is 0 Å². The molecular formula is C18H23FN4O2. The Balaban J connectivity index is 1.53. The number of hydrogen-bond donors (Lipinski definition) is 1. The molecule has 2 heterocycles. The van der Waals surface area contributed by atoms with Crippen LogP contribution in [0.25, 0.3) is 0 Å². The van der Waals surface area contributed by atoms with Crippen LogP contribution in [0.1, 0.15) is 11.7 Å². The lowest BCUT2D eigenvalue weighted by molar-refractivity contribution is -0.0365. The summed E-state index contributed by atoms with van der Waals surface area (Å²) in [6.07, 6.45) is 1.03. The molecule has 1 aliphatic heterocycles. The SMILES string of the molecule is CN(C[C@H]1CN(C[C@H](O)c2ccc(F)cc2)CCO1)c1cccnn1. The van der Waals surface area contributed by atoms with Crippen LogP contribution in [0.3, 0.4) is 0 Å². The lowest BCUT2D eigenvalue weighted by Crippen LogP contribution is -2.48. The van der Waals surface area contributed by atoms with Crippen LogP contribution in [-0.2, 0) is 4.74 Å². The number of halogens is 1. The van der Waals surface area contributed by atoms with Gasteiger partial charge in [0.05, 0.1) is 18.8 Å². The second kappa shape index (κ2) is 8.33. The van der Waals surface area contributed by atoms with E-state index in [9.17, 15) is 9.50 Å². The zero-order valence-electron chi connectivity index (χ0n) is 14.3. The number of hydrogen-bond acceptors (Lipinski definition) is 6. The first-order chi connectivity index (χ1) is 12.1. The molecule has 2 atom stereocenters. The summed E-state index contributed by atoms with van der Waals surface area (Å²) < 4.78 is 18.8. The van der Waals surface area contributed by atoms with Gasteiger partial charge in [-0.3, -0.25) is 4.90 Å². The Bertz CT molecular complexity index is 656. The number of anilines is 1. The van der Waals surface area contributed by atoms with Crippen molar-refractivity contribution in [2.45, 2.75) is 12.2 Å². The van der Waals surface area contributed by atoms with Crippen molar-refractivity contribution in [2.24, 2.45) is 0 Å². The minimum absolute atomic E-state index is 0.0289. The molecule has 0 radical (unpaired) electrons. The maximum atomic E-state index is 13.0. The summed E-state index contributed by atoms with van der Waals surface area (Å²) >= 11 is 0. The van der Waals surface area contributed by atoms with E-state index in [0.29, 0.717) is 19.7 Å². The summed E-state index contributed by atoms with van der Waals surface area (Å²) in [5.74, 6) is 0.504. The fourth-order valence-electron chi connectivity index (χ4n) is 2.99.